The molecule has 27 heavy (non-hydrogen) atoms. The summed E-state index contributed by atoms with van der Waals surface area (Å²) in [4.78, 5) is 14.8. The normalized spacial score (nSPS) is 10.6. The van der Waals surface area contributed by atoms with Crippen LogP contribution >= 0.6 is 0 Å². The van der Waals surface area contributed by atoms with E-state index in [1.807, 2.05) is 60.2 Å². The third kappa shape index (κ3) is 4.53. The first kappa shape index (κ1) is 18.6. The van der Waals surface area contributed by atoms with Gasteiger partial charge in [-0.25, -0.2) is 4.39 Å². The van der Waals surface area contributed by atoms with E-state index in [4.69, 9.17) is 0 Å². The van der Waals surface area contributed by atoms with Crippen LogP contribution in [0.1, 0.15) is 27.2 Å². The Bertz CT molecular complexity index is 945. The van der Waals surface area contributed by atoms with Crippen LogP contribution in [0.4, 0.5) is 4.39 Å². The van der Waals surface area contributed by atoms with Gasteiger partial charge >= 0.3 is 0 Å². The summed E-state index contributed by atoms with van der Waals surface area (Å²) in [6, 6.07) is 18.1. The number of carbonyl (C=O) groups excluding carboxylic acids is 1. The number of carbonyl (C=O) groups is 1. The molecule has 0 saturated carbocycles. The van der Waals surface area contributed by atoms with Gasteiger partial charge in [-0.05, 0) is 48.4 Å². The van der Waals surface area contributed by atoms with Gasteiger partial charge in [-0.3, -0.25) is 4.79 Å². The Hall–Kier alpha value is -3.14. The van der Waals surface area contributed by atoms with Crippen LogP contribution in [0, 0.1) is 12.7 Å². The molecule has 0 aliphatic carbocycles. The molecular weight excluding hydrogens is 339 g/mol. The number of hydrogen-bond donors (Lipinski definition) is 0. The summed E-state index contributed by atoms with van der Waals surface area (Å²) in [6.45, 7) is 7.19. The molecule has 0 atom stereocenters. The minimum Gasteiger partial charge on any atom is -0.345 e. The first-order valence-corrected chi connectivity index (χ1v) is 8.92. The number of aryl methyl sites for hydroxylation is 1. The number of aromatic nitrogens is 1. The Morgan fingerprint density at radius 3 is 2.70 bits per heavy atom. The summed E-state index contributed by atoms with van der Waals surface area (Å²) in [5.74, 6) is -0.268. The maximum absolute atomic E-state index is 13.5. The van der Waals surface area contributed by atoms with Crippen LogP contribution in [-0.4, -0.2) is 21.9 Å². The molecule has 1 amide bonds. The van der Waals surface area contributed by atoms with E-state index in [0.29, 0.717) is 25.2 Å². The average Bonchev–Trinajstić information content (AvgIpc) is 3.08. The molecule has 4 heteroatoms. The number of amides is 1. The molecule has 3 nitrogen and oxygen atoms in total. The van der Waals surface area contributed by atoms with E-state index in [2.05, 4.69) is 6.58 Å². The fourth-order valence-electron chi connectivity index (χ4n) is 3.13. The van der Waals surface area contributed by atoms with Crippen LogP contribution in [0.15, 0.2) is 79.5 Å². The lowest BCUT2D eigenvalue weighted by Gasteiger charge is -2.23. The molecule has 3 rings (SSSR count). The van der Waals surface area contributed by atoms with Gasteiger partial charge in [-0.15, -0.1) is 6.58 Å². The smallest absolute Gasteiger partial charge is 0.254 e. The SMILES string of the molecule is C=CCN(Cc1cccn1Cc1cccc(F)c1)C(=O)c1ccccc1C. The standard InChI is InChI=1S/C23H23FN2O/c1-3-13-26(23(27)22-12-5-4-8-18(22)2)17-21-11-7-14-25(21)16-19-9-6-10-20(24)15-19/h3-12,14-15H,1,13,16-17H2,2H3. The minimum absolute atomic E-state index is 0.0218. The highest BCUT2D eigenvalue weighted by Gasteiger charge is 2.18. The van der Waals surface area contributed by atoms with Crippen molar-refractivity contribution in [3.8, 4) is 0 Å². The van der Waals surface area contributed by atoms with E-state index in [-0.39, 0.29) is 11.7 Å². The summed E-state index contributed by atoms with van der Waals surface area (Å²) >= 11 is 0. The number of benzene rings is 2. The van der Waals surface area contributed by atoms with Crippen molar-refractivity contribution in [2.24, 2.45) is 0 Å². The lowest BCUT2D eigenvalue weighted by atomic mass is 10.1. The molecule has 138 valence electrons. The monoisotopic (exact) mass is 362 g/mol. The lowest BCUT2D eigenvalue weighted by Crippen LogP contribution is -2.32. The zero-order valence-electron chi connectivity index (χ0n) is 15.4. The first-order chi connectivity index (χ1) is 13.1. The Labute approximate surface area is 159 Å². The molecule has 0 N–H and O–H groups in total. The fraction of sp³-hybridized carbons (Fsp3) is 0.174. The fourth-order valence-corrected chi connectivity index (χ4v) is 3.13. The summed E-state index contributed by atoms with van der Waals surface area (Å²) in [6.07, 6.45) is 3.68. The van der Waals surface area contributed by atoms with Gasteiger partial charge in [-0.1, -0.05) is 36.4 Å². The summed E-state index contributed by atoms with van der Waals surface area (Å²) in [7, 11) is 0. The average molecular weight is 362 g/mol. The number of halogens is 1. The van der Waals surface area contributed by atoms with Crippen molar-refractivity contribution in [3.05, 3.63) is 108 Å². The lowest BCUT2D eigenvalue weighted by molar-refractivity contribution is 0.0758. The van der Waals surface area contributed by atoms with Crippen LogP contribution in [0.2, 0.25) is 0 Å². The van der Waals surface area contributed by atoms with E-state index in [1.165, 1.54) is 12.1 Å². The first-order valence-electron chi connectivity index (χ1n) is 8.92. The van der Waals surface area contributed by atoms with E-state index < -0.39 is 0 Å². The highest BCUT2D eigenvalue weighted by Crippen LogP contribution is 2.16. The second-order valence-electron chi connectivity index (χ2n) is 6.55. The molecule has 0 bridgehead atoms. The van der Waals surface area contributed by atoms with Gasteiger partial charge in [0.25, 0.3) is 5.91 Å². The van der Waals surface area contributed by atoms with Gasteiger partial charge in [0, 0.05) is 30.5 Å². The predicted molar refractivity (Wildman–Crippen MR) is 106 cm³/mol. The predicted octanol–water partition coefficient (Wildman–Crippen LogP) is 4.81. The van der Waals surface area contributed by atoms with Crippen LogP contribution in [-0.2, 0) is 13.1 Å². The summed E-state index contributed by atoms with van der Waals surface area (Å²) in [5, 5.41) is 0. The van der Waals surface area contributed by atoms with Crippen molar-refractivity contribution < 1.29 is 9.18 Å². The highest BCUT2D eigenvalue weighted by molar-refractivity contribution is 5.95. The molecule has 0 radical (unpaired) electrons. The Balaban J connectivity index is 1.82. The zero-order valence-corrected chi connectivity index (χ0v) is 15.4. The topological polar surface area (TPSA) is 25.2 Å². The molecule has 0 unspecified atom stereocenters. The molecule has 2 aromatic carbocycles. The Kier molecular flexibility index (Phi) is 5.87. The van der Waals surface area contributed by atoms with Gasteiger partial charge in [0.15, 0.2) is 0 Å². The van der Waals surface area contributed by atoms with Gasteiger partial charge in [0.1, 0.15) is 5.82 Å². The Morgan fingerprint density at radius 2 is 1.96 bits per heavy atom. The van der Waals surface area contributed by atoms with E-state index in [0.717, 1.165) is 16.8 Å². The van der Waals surface area contributed by atoms with E-state index >= 15 is 0 Å². The van der Waals surface area contributed by atoms with Crippen molar-refractivity contribution in [3.63, 3.8) is 0 Å². The van der Waals surface area contributed by atoms with Crippen molar-refractivity contribution in [1.82, 2.24) is 9.47 Å². The number of rotatable bonds is 7. The molecule has 0 aliphatic rings. The van der Waals surface area contributed by atoms with Crippen molar-refractivity contribution in [1.29, 1.82) is 0 Å². The molecule has 1 aromatic heterocycles. The molecule has 0 spiro atoms. The van der Waals surface area contributed by atoms with Crippen LogP contribution in [0.3, 0.4) is 0 Å². The molecular formula is C23H23FN2O. The molecule has 3 aromatic rings. The van der Waals surface area contributed by atoms with E-state index in [9.17, 15) is 9.18 Å². The molecule has 1 heterocycles. The second kappa shape index (κ2) is 8.49. The quantitative estimate of drug-likeness (QED) is 0.554. The van der Waals surface area contributed by atoms with E-state index in [1.54, 1.807) is 17.0 Å². The third-order valence-corrected chi connectivity index (χ3v) is 4.53. The third-order valence-electron chi connectivity index (χ3n) is 4.53. The van der Waals surface area contributed by atoms with Gasteiger partial charge < -0.3 is 9.47 Å². The van der Waals surface area contributed by atoms with Gasteiger partial charge in [0.2, 0.25) is 0 Å². The van der Waals surface area contributed by atoms with Crippen LogP contribution in [0.5, 0.6) is 0 Å². The summed E-state index contributed by atoms with van der Waals surface area (Å²) < 4.78 is 15.5. The maximum atomic E-state index is 13.5. The molecule has 0 saturated heterocycles. The van der Waals surface area contributed by atoms with Gasteiger partial charge in [0.05, 0.1) is 6.54 Å². The molecule has 0 fully saturated rings. The van der Waals surface area contributed by atoms with Crippen LogP contribution in [0.25, 0.3) is 0 Å². The number of hydrogen-bond acceptors (Lipinski definition) is 1. The largest absolute Gasteiger partial charge is 0.345 e. The zero-order chi connectivity index (χ0) is 19.2. The van der Waals surface area contributed by atoms with Crippen molar-refractivity contribution in [2.45, 2.75) is 20.0 Å². The van der Waals surface area contributed by atoms with Crippen molar-refractivity contribution >= 4 is 5.91 Å². The Morgan fingerprint density at radius 1 is 1.15 bits per heavy atom. The maximum Gasteiger partial charge on any atom is 0.254 e. The number of nitrogens with zero attached hydrogens (tertiary/aromatic N) is 2. The van der Waals surface area contributed by atoms with Gasteiger partial charge in [-0.2, -0.15) is 0 Å². The summed E-state index contributed by atoms with van der Waals surface area (Å²) in [5.41, 5.74) is 3.52. The minimum atomic E-state index is -0.246. The van der Waals surface area contributed by atoms with Crippen LogP contribution < -0.4 is 0 Å². The van der Waals surface area contributed by atoms with Crippen molar-refractivity contribution in [2.75, 3.05) is 6.54 Å². The second-order valence-corrected chi connectivity index (χ2v) is 6.55. The highest BCUT2D eigenvalue weighted by atomic mass is 19.1. The molecule has 0 aliphatic heterocycles.